The molecule has 132 valence electrons. The molecule has 2 aliphatic rings. The fraction of sp³-hybridized carbons (Fsp3) is 0.882. The molecule has 1 aliphatic carbocycles. The van der Waals surface area contributed by atoms with Gasteiger partial charge < -0.3 is 15.5 Å². The van der Waals surface area contributed by atoms with Crippen LogP contribution in [0.3, 0.4) is 0 Å². The highest BCUT2D eigenvalue weighted by Gasteiger charge is 2.30. The Hall–Kier alpha value is -1.30. The van der Waals surface area contributed by atoms with Gasteiger partial charge in [-0.05, 0) is 26.2 Å². The van der Waals surface area contributed by atoms with Crippen LogP contribution in [0.4, 0.5) is 0 Å². The van der Waals surface area contributed by atoms with Crippen molar-refractivity contribution >= 4 is 11.9 Å². The maximum Gasteiger partial charge on any atom is 0.223 e. The van der Waals surface area contributed by atoms with Crippen LogP contribution >= 0.6 is 0 Å². The van der Waals surface area contributed by atoms with E-state index < -0.39 is 0 Å². The molecule has 23 heavy (non-hydrogen) atoms. The maximum absolute atomic E-state index is 11.6. The number of likely N-dealkylation sites (tertiary alicyclic amines) is 1. The second kappa shape index (κ2) is 9.11. The van der Waals surface area contributed by atoms with Crippen molar-refractivity contribution in [1.82, 2.24) is 20.4 Å². The van der Waals surface area contributed by atoms with Gasteiger partial charge in [0, 0.05) is 52.2 Å². The van der Waals surface area contributed by atoms with E-state index in [0.29, 0.717) is 19.0 Å². The number of carbonyl (C=O) groups excluding carboxylic acids is 1. The molecule has 6 heteroatoms. The average Bonchev–Trinajstić information content (AvgIpc) is 3.17. The number of nitrogens with one attached hydrogen (secondary N) is 2. The van der Waals surface area contributed by atoms with Crippen molar-refractivity contribution in [1.29, 1.82) is 0 Å². The SMILES string of the molecule is CCNC(=NCCC(=O)N(C)C)NC1CCN(C2CCCC2)C1. The van der Waals surface area contributed by atoms with E-state index in [1.807, 2.05) is 0 Å². The minimum atomic E-state index is 0.123. The molecule has 2 rings (SSSR count). The third-order valence-corrected chi connectivity index (χ3v) is 4.84. The number of hydrogen-bond donors (Lipinski definition) is 2. The Balaban J connectivity index is 1.78. The number of nitrogens with zero attached hydrogens (tertiary/aromatic N) is 3. The molecule has 1 aliphatic heterocycles. The van der Waals surface area contributed by atoms with Gasteiger partial charge in [-0.3, -0.25) is 14.7 Å². The fourth-order valence-corrected chi connectivity index (χ4v) is 3.51. The highest BCUT2D eigenvalue weighted by molar-refractivity contribution is 5.81. The number of amides is 1. The van der Waals surface area contributed by atoms with E-state index in [4.69, 9.17) is 0 Å². The summed E-state index contributed by atoms with van der Waals surface area (Å²) in [6.07, 6.45) is 7.16. The van der Waals surface area contributed by atoms with E-state index in [1.54, 1.807) is 19.0 Å². The Morgan fingerprint density at radius 2 is 2.00 bits per heavy atom. The van der Waals surface area contributed by atoms with Crippen molar-refractivity contribution in [2.45, 2.75) is 57.5 Å². The van der Waals surface area contributed by atoms with Gasteiger partial charge in [-0.1, -0.05) is 12.8 Å². The van der Waals surface area contributed by atoms with Crippen molar-refractivity contribution in [2.75, 3.05) is 40.3 Å². The standard InChI is InChI=1S/C17H33N5O/c1-4-18-17(19-11-9-16(23)21(2)3)20-14-10-12-22(13-14)15-7-5-6-8-15/h14-15H,4-13H2,1-3H3,(H2,18,19,20). The van der Waals surface area contributed by atoms with E-state index >= 15 is 0 Å². The smallest absolute Gasteiger partial charge is 0.223 e. The number of carbonyl (C=O) groups is 1. The molecule has 6 nitrogen and oxygen atoms in total. The highest BCUT2D eigenvalue weighted by Crippen LogP contribution is 2.26. The first-order valence-corrected chi connectivity index (χ1v) is 9.09. The van der Waals surface area contributed by atoms with E-state index in [-0.39, 0.29) is 5.91 Å². The third kappa shape index (κ3) is 5.68. The normalized spacial score (nSPS) is 23.3. The van der Waals surface area contributed by atoms with Crippen molar-refractivity contribution < 1.29 is 4.79 Å². The molecule has 0 aromatic heterocycles. The van der Waals surface area contributed by atoms with Crippen LogP contribution in [-0.4, -0.2) is 74.0 Å². The summed E-state index contributed by atoms with van der Waals surface area (Å²) < 4.78 is 0. The number of guanidine groups is 1. The predicted molar refractivity (Wildman–Crippen MR) is 94.7 cm³/mol. The summed E-state index contributed by atoms with van der Waals surface area (Å²) in [5.74, 6) is 0.968. The molecular formula is C17H33N5O. The zero-order valence-electron chi connectivity index (χ0n) is 15.0. The molecule has 0 aromatic carbocycles. The molecule has 1 unspecified atom stereocenters. The van der Waals surface area contributed by atoms with Crippen molar-refractivity contribution in [2.24, 2.45) is 4.99 Å². The van der Waals surface area contributed by atoms with Gasteiger partial charge in [0.25, 0.3) is 0 Å². The van der Waals surface area contributed by atoms with Crippen LogP contribution in [-0.2, 0) is 4.79 Å². The molecule has 1 saturated carbocycles. The zero-order valence-corrected chi connectivity index (χ0v) is 15.0. The second-order valence-corrected chi connectivity index (χ2v) is 6.86. The van der Waals surface area contributed by atoms with Crippen LogP contribution in [0.15, 0.2) is 4.99 Å². The summed E-state index contributed by atoms with van der Waals surface area (Å²) >= 11 is 0. The Morgan fingerprint density at radius 3 is 2.65 bits per heavy atom. The maximum atomic E-state index is 11.6. The Kier molecular flexibility index (Phi) is 7.15. The van der Waals surface area contributed by atoms with Gasteiger partial charge in [-0.15, -0.1) is 0 Å². The minimum Gasteiger partial charge on any atom is -0.357 e. The summed E-state index contributed by atoms with van der Waals surface area (Å²) in [6, 6.07) is 1.27. The Labute approximate surface area is 140 Å². The second-order valence-electron chi connectivity index (χ2n) is 6.86. The number of hydrogen-bond acceptors (Lipinski definition) is 3. The van der Waals surface area contributed by atoms with Gasteiger partial charge in [-0.2, -0.15) is 0 Å². The largest absolute Gasteiger partial charge is 0.357 e. The zero-order chi connectivity index (χ0) is 16.7. The van der Waals surface area contributed by atoms with Gasteiger partial charge in [0.15, 0.2) is 5.96 Å². The van der Waals surface area contributed by atoms with E-state index in [1.165, 1.54) is 38.6 Å². The predicted octanol–water partition coefficient (Wildman–Crippen LogP) is 1.04. The van der Waals surface area contributed by atoms with Crippen LogP contribution in [0.2, 0.25) is 0 Å². The van der Waals surface area contributed by atoms with Crippen LogP contribution in [0.25, 0.3) is 0 Å². The lowest BCUT2D eigenvalue weighted by atomic mass is 10.2. The molecule has 0 spiro atoms. The summed E-state index contributed by atoms with van der Waals surface area (Å²) in [6.45, 7) is 5.76. The van der Waals surface area contributed by atoms with Gasteiger partial charge in [0.2, 0.25) is 5.91 Å². The van der Waals surface area contributed by atoms with Crippen LogP contribution in [0.5, 0.6) is 0 Å². The molecule has 0 aromatic rings. The van der Waals surface area contributed by atoms with E-state index in [2.05, 4.69) is 27.4 Å². The molecule has 1 atom stereocenters. The molecule has 1 saturated heterocycles. The van der Waals surface area contributed by atoms with Gasteiger partial charge >= 0.3 is 0 Å². The lowest BCUT2D eigenvalue weighted by molar-refractivity contribution is -0.128. The molecule has 1 amide bonds. The van der Waals surface area contributed by atoms with Crippen molar-refractivity contribution in [3.8, 4) is 0 Å². The van der Waals surface area contributed by atoms with Gasteiger partial charge in [-0.25, -0.2) is 0 Å². The van der Waals surface area contributed by atoms with E-state index in [9.17, 15) is 4.79 Å². The Bertz CT molecular complexity index is 404. The average molecular weight is 323 g/mol. The molecule has 0 radical (unpaired) electrons. The van der Waals surface area contributed by atoms with Gasteiger partial charge in [0.05, 0.1) is 6.54 Å². The van der Waals surface area contributed by atoms with Gasteiger partial charge in [0.1, 0.15) is 0 Å². The number of rotatable bonds is 6. The van der Waals surface area contributed by atoms with Crippen LogP contribution < -0.4 is 10.6 Å². The highest BCUT2D eigenvalue weighted by atomic mass is 16.2. The molecule has 2 N–H and O–H groups in total. The summed E-state index contributed by atoms with van der Waals surface area (Å²) in [4.78, 5) is 20.4. The fourth-order valence-electron chi connectivity index (χ4n) is 3.51. The topological polar surface area (TPSA) is 60.0 Å². The monoisotopic (exact) mass is 323 g/mol. The quantitative estimate of drug-likeness (QED) is 0.566. The van der Waals surface area contributed by atoms with Crippen molar-refractivity contribution in [3.63, 3.8) is 0 Å². The first kappa shape index (κ1) is 18.0. The first-order valence-electron chi connectivity index (χ1n) is 9.09. The number of aliphatic imine (C=N–C) groups is 1. The third-order valence-electron chi connectivity index (χ3n) is 4.84. The summed E-state index contributed by atoms with van der Waals surface area (Å²) in [5, 5.41) is 6.84. The summed E-state index contributed by atoms with van der Waals surface area (Å²) in [7, 11) is 3.57. The lowest BCUT2D eigenvalue weighted by Gasteiger charge is -2.24. The lowest BCUT2D eigenvalue weighted by Crippen LogP contribution is -2.45. The Morgan fingerprint density at radius 1 is 1.26 bits per heavy atom. The van der Waals surface area contributed by atoms with Crippen LogP contribution in [0, 0.1) is 0 Å². The first-order chi connectivity index (χ1) is 11.1. The molecule has 2 fully saturated rings. The van der Waals surface area contributed by atoms with E-state index in [0.717, 1.165) is 25.1 Å². The molecular weight excluding hydrogens is 290 g/mol. The molecule has 0 bridgehead atoms. The van der Waals surface area contributed by atoms with Crippen molar-refractivity contribution in [3.05, 3.63) is 0 Å². The summed E-state index contributed by atoms with van der Waals surface area (Å²) in [5.41, 5.74) is 0. The van der Waals surface area contributed by atoms with Crippen LogP contribution in [0.1, 0.15) is 45.4 Å². The molecule has 1 heterocycles. The minimum absolute atomic E-state index is 0.123.